The highest BCUT2D eigenvalue weighted by Crippen LogP contribution is 2.35. The second-order valence-corrected chi connectivity index (χ2v) is 7.85. The van der Waals surface area contributed by atoms with Crippen molar-refractivity contribution in [3.63, 3.8) is 0 Å². The summed E-state index contributed by atoms with van der Waals surface area (Å²) in [5.74, 6) is -0.981. The summed E-state index contributed by atoms with van der Waals surface area (Å²) in [5.41, 5.74) is 5.49. The summed E-state index contributed by atoms with van der Waals surface area (Å²) in [5, 5.41) is 10.4. The second-order valence-electron chi connectivity index (χ2n) is 4.54. The van der Waals surface area contributed by atoms with Gasteiger partial charge in [-0.25, -0.2) is 13.1 Å². The molecule has 2 aromatic carbocycles. The fourth-order valence-corrected chi connectivity index (χ4v) is 3.72. The van der Waals surface area contributed by atoms with Crippen LogP contribution in [0.15, 0.2) is 35.2 Å². The number of nitrogens with one attached hydrogen (secondary N) is 1. The van der Waals surface area contributed by atoms with E-state index in [0.717, 1.165) is 6.07 Å². The van der Waals surface area contributed by atoms with Crippen LogP contribution in [0.2, 0.25) is 0 Å². The van der Waals surface area contributed by atoms with E-state index in [4.69, 9.17) is 10.3 Å². The molecule has 0 spiro atoms. The van der Waals surface area contributed by atoms with Crippen molar-refractivity contribution in [2.24, 2.45) is 0 Å². The zero-order valence-corrected chi connectivity index (χ0v) is 12.9. The van der Waals surface area contributed by atoms with E-state index in [9.17, 15) is 21.9 Å². The number of sulfonamides is 1. The molecule has 0 bridgehead atoms. The average Bonchev–Trinajstić information content (AvgIpc) is 2.41. The second kappa shape index (κ2) is 5.72. The van der Waals surface area contributed by atoms with Gasteiger partial charge in [-0.1, -0.05) is 24.3 Å². The lowest BCUT2D eigenvalue weighted by Crippen LogP contribution is -2.29. The summed E-state index contributed by atoms with van der Waals surface area (Å²) in [6.45, 7) is -0.490. The van der Waals surface area contributed by atoms with E-state index < -0.39 is 32.4 Å². The van der Waals surface area contributed by atoms with Crippen molar-refractivity contribution in [1.82, 2.24) is 4.72 Å². The molecule has 0 heterocycles. The molecular formula is C12H14N2O6S2. The SMILES string of the molecule is Nc1cc(S(=O)(=O)NCCS(=O)(=O)O)c2ccccc2c1O. The topological polar surface area (TPSA) is 147 Å². The molecular weight excluding hydrogens is 332 g/mol. The van der Waals surface area contributed by atoms with Crippen LogP contribution in [0.5, 0.6) is 5.75 Å². The van der Waals surface area contributed by atoms with Gasteiger partial charge in [0, 0.05) is 17.3 Å². The first-order valence-electron chi connectivity index (χ1n) is 6.07. The molecule has 0 aliphatic carbocycles. The van der Waals surface area contributed by atoms with Crippen molar-refractivity contribution in [3.05, 3.63) is 30.3 Å². The third-order valence-electron chi connectivity index (χ3n) is 2.95. The summed E-state index contributed by atoms with van der Waals surface area (Å²) in [6, 6.07) is 7.30. The maximum atomic E-state index is 12.3. The number of aromatic hydroxyl groups is 1. The number of fused-ring (bicyclic) bond motifs is 1. The Kier molecular flexibility index (Phi) is 4.29. The number of benzene rings is 2. The molecule has 22 heavy (non-hydrogen) atoms. The van der Waals surface area contributed by atoms with Crippen LogP contribution in [-0.2, 0) is 20.1 Å². The lowest BCUT2D eigenvalue weighted by atomic mass is 10.1. The molecule has 0 fully saturated rings. The van der Waals surface area contributed by atoms with Crippen LogP contribution in [0.4, 0.5) is 5.69 Å². The van der Waals surface area contributed by atoms with Gasteiger partial charge in [0.2, 0.25) is 10.0 Å². The summed E-state index contributed by atoms with van der Waals surface area (Å²) in [4.78, 5) is -0.186. The predicted molar refractivity (Wildman–Crippen MR) is 81.6 cm³/mol. The van der Waals surface area contributed by atoms with Crippen LogP contribution in [0.3, 0.4) is 0 Å². The van der Waals surface area contributed by atoms with Crippen molar-refractivity contribution in [1.29, 1.82) is 0 Å². The highest BCUT2D eigenvalue weighted by atomic mass is 32.2. The van der Waals surface area contributed by atoms with Crippen molar-refractivity contribution in [3.8, 4) is 5.75 Å². The van der Waals surface area contributed by atoms with Crippen LogP contribution >= 0.6 is 0 Å². The van der Waals surface area contributed by atoms with Crippen LogP contribution in [0.1, 0.15) is 0 Å². The van der Waals surface area contributed by atoms with Gasteiger partial charge >= 0.3 is 0 Å². The van der Waals surface area contributed by atoms with Crippen LogP contribution in [0.25, 0.3) is 10.8 Å². The summed E-state index contributed by atoms with van der Waals surface area (Å²) >= 11 is 0. The summed E-state index contributed by atoms with van der Waals surface area (Å²) in [6.07, 6.45) is 0. The molecule has 120 valence electrons. The van der Waals surface area contributed by atoms with Crippen molar-refractivity contribution in [2.45, 2.75) is 4.90 Å². The quantitative estimate of drug-likeness (QED) is 0.346. The number of nitrogens with two attached hydrogens (primary N) is 1. The van der Waals surface area contributed by atoms with E-state index in [1.165, 1.54) is 12.1 Å². The first-order valence-corrected chi connectivity index (χ1v) is 9.16. The monoisotopic (exact) mass is 346 g/mol. The molecule has 10 heteroatoms. The van der Waals surface area contributed by atoms with Gasteiger partial charge in [-0.15, -0.1) is 0 Å². The predicted octanol–water partition coefficient (Wildman–Crippen LogP) is 0.294. The third kappa shape index (κ3) is 3.47. The lowest BCUT2D eigenvalue weighted by Gasteiger charge is -2.12. The average molecular weight is 346 g/mol. The Morgan fingerprint density at radius 1 is 1.09 bits per heavy atom. The van der Waals surface area contributed by atoms with Gasteiger partial charge in [-0.05, 0) is 6.07 Å². The molecule has 0 radical (unpaired) electrons. The maximum Gasteiger partial charge on any atom is 0.266 e. The molecule has 2 rings (SSSR count). The standard InChI is InChI=1S/C12H14N2O6S2/c13-10-7-11(8-3-1-2-4-9(8)12(10)15)22(19,20)14-5-6-21(16,17)18/h1-4,7,14-15H,5-6,13H2,(H,16,17,18). The molecule has 0 unspecified atom stereocenters. The first kappa shape index (κ1) is 16.5. The number of hydrogen-bond acceptors (Lipinski definition) is 6. The number of nitrogen functional groups attached to an aromatic ring is 1. The minimum Gasteiger partial charge on any atom is -0.505 e. The van der Waals surface area contributed by atoms with Gasteiger partial charge in [0.05, 0.1) is 16.3 Å². The summed E-state index contributed by atoms with van der Waals surface area (Å²) < 4.78 is 56.5. The van der Waals surface area contributed by atoms with Crippen LogP contribution < -0.4 is 10.5 Å². The molecule has 8 nitrogen and oxygen atoms in total. The molecule has 0 saturated carbocycles. The van der Waals surface area contributed by atoms with E-state index in [-0.39, 0.29) is 27.1 Å². The van der Waals surface area contributed by atoms with E-state index in [1.54, 1.807) is 12.1 Å². The highest BCUT2D eigenvalue weighted by Gasteiger charge is 2.21. The van der Waals surface area contributed by atoms with Gasteiger partial charge in [0.25, 0.3) is 10.1 Å². The molecule has 0 aliphatic rings. The number of rotatable bonds is 5. The molecule has 2 aromatic rings. The number of phenolic OH excluding ortho intramolecular Hbond substituents is 1. The van der Waals surface area contributed by atoms with Crippen molar-refractivity contribution < 1.29 is 26.5 Å². The van der Waals surface area contributed by atoms with Gasteiger partial charge in [-0.3, -0.25) is 4.55 Å². The van der Waals surface area contributed by atoms with E-state index in [0.29, 0.717) is 0 Å². The molecule has 0 aromatic heterocycles. The Hall–Kier alpha value is -1.88. The van der Waals surface area contributed by atoms with Crippen LogP contribution in [-0.4, -0.2) is 38.8 Å². The highest BCUT2D eigenvalue weighted by molar-refractivity contribution is 7.90. The fourth-order valence-electron chi connectivity index (χ4n) is 1.95. The minimum atomic E-state index is -4.28. The normalized spacial score (nSPS) is 12.6. The van der Waals surface area contributed by atoms with E-state index >= 15 is 0 Å². The zero-order chi connectivity index (χ0) is 16.5. The smallest absolute Gasteiger partial charge is 0.266 e. The van der Waals surface area contributed by atoms with Gasteiger partial charge in [-0.2, -0.15) is 8.42 Å². The molecule has 5 N–H and O–H groups in total. The molecule has 0 amide bonds. The maximum absolute atomic E-state index is 12.3. The largest absolute Gasteiger partial charge is 0.505 e. The first-order chi connectivity index (χ1) is 10.1. The minimum absolute atomic E-state index is 0.117. The Labute approximate surface area is 127 Å². The van der Waals surface area contributed by atoms with Crippen molar-refractivity contribution >= 4 is 36.6 Å². The van der Waals surface area contributed by atoms with E-state index in [2.05, 4.69) is 4.72 Å². The van der Waals surface area contributed by atoms with E-state index in [1.807, 2.05) is 0 Å². The number of phenols is 1. The van der Waals surface area contributed by atoms with Crippen molar-refractivity contribution in [2.75, 3.05) is 18.0 Å². The zero-order valence-electron chi connectivity index (χ0n) is 11.2. The fraction of sp³-hybridized carbons (Fsp3) is 0.167. The third-order valence-corrected chi connectivity index (χ3v) is 5.17. The number of anilines is 1. The van der Waals surface area contributed by atoms with Crippen LogP contribution in [0, 0.1) is 0 Å². The Morgan fingerprint density at radius 3 is 2.27 bits per heavy atom. The van der Waals surface area contributed by atoms with Gasteiger partial charge < -0.3 is 10.8 Å². The molecule has 0 saturated heterocycles. The lowest BCUT2D eigenvalue weighted by molar-refractivity contribution is 0.482. The van der Waals surface area contributed by atoms with Gasteiger partial charge in [0.1, 0.15) is 5.75 Å². The summed E-state index contributed by atoms with van der Waals surface area (Å²) in [7, 11) is -8.34. The Bertz CT molecular complexity index is 922. The Balaban J connectivity index is 2.48. The number of hydrogen-bond donors (Lipinski definition) is 4. The Morgan fingerprint density at radius 2 is 1.68 bits per heavy atom. The molecule has 0 aliphatic heterocycles. The molecule has 0 atom stereocenters. The van der Waals surface area contributed by atoms with Gasteiger partial charge in [0.15, 0.2) is 0 Å².